The molecule has 1 fully saturated rings. The number of nitro groups is 1. The lowest BCUT2D eigenvalue weighted by molar-refractivity contribution is -0.384. The van der Waals surface area contributed by atoms with Crippen molar-refractivity contribution in [2.24, 2.45) is 0 Å². The summed E-state index contributed by atoms with van der Waals surface area (Å²) in [6, 6.07) is 8.23. The molecule has 0 saturated carbocycles. The maximum atomic E-state index is 12.9. The Kier molecular flexibility index (Phi) is 6.49. The van der Waals surface area contributed by atoms with Crippen molar-refractivity contribution in [1.82, 2.24) is 4.90 Å². The highest BCUT2D eigenvalue weighted by atomic mass is 32.2. The third-order valence-corrected chi connectivity index (χ3v) is 5.65. The normalized spacial score (nSPS) is 14.7. The fourth-order valence-electron chi connectivity index (χ4n) is 3.08. The van der Waals surface area contributed by atoms with Crippen molar-refractivity contribution in [2.75, 3.05) is 36.8 Å². The summed E-state index contributed by atoms with van der Waals surface area (Å²) in [5, 5.41) is 11.3. The number of amides is 1. The maximum absolute atomic E-state index is 12.9. The van der Waals surface area contributed by atoms with Crippen LogP contribution in [0.15, 0.2) is 47.4 Å². The van der Waals surface area contributed by atoms with E-state index < -0.39 is 22.4 Å². The van der Waals surface area contributed by atoms with Gasteiger partial charge < -0.3 is 9.80 Å². The molecule has 0 aromatic heterocycles. The lowest BCUT2D eigenvalue weighted by Crippen LogP contribution is -2.49. The number of piperazine rings is 1. The first-order valence-electron chi connectivity index (χ1n) is 8.92. The lowest BCUT2D eigenvalue weighted by atomic mass is 10.1. The van der Waals surface area contributed by atoms with Gasteiger partial charge in [0, 0.05) is 37.1 Å². The molecular formula is C19H17F4N3O3S. The molecule has 6 nitrogen and oxygen atoms in total. The highest BCUT2D eigenvalue weighted by Gasteiger charge is 2.34. The first kappa shape index (κ1) is 21.9. The van der Waals surface area contributed by atoms with Crippen molar-refractivity contribution < 1.29 is 27.3 Å². The van der Waals surface area contributed by atoms with E-state index in [1.807, 2.05) is 0 Å². The molecule has 1 aliphatic heterocycles. The summed E-state index contributed by atoms with van der Waals surface area (Å²) in [6.07, 6.45) is -4.67. The number of hydrogen-bond donors (Lipinski definition) is 0. The average Bonchev–Trinajstić information content (AvgIpc) is 2.72. The summed E-state index contributed by atoms with van der Waals surface area (Å²) < 4.78 is 51.5. The molecule has 1 aliphatic rings. The molecule has 0 atom stereocenters. The predicted molar refractivity (Wildman–Crippen MR) is 104 cm³/mol. The van der Waals surface area contributed by atoms with Crippen molar-refractivity contribution in [3.05, 3.63) is 64.0 Å². The highest BCUT2D eigenvalue weighted by molar-refractivity contribution is 8.00. The average molecular weight is 443 g/mol. The summed E-state index contributed by atoms with van der Waals surface area (Å²) in [5.74, 6) is -0.337. The zero-order valence-electron chi connectivity index (χ0n) is 15.6. The predicted octanol–water partition coefficient (Wildman–Crippen LogP) is 4.19. The van der Waals surface area contributed by atoms with E-state index in [9.17, 15) is 32.5 Å². The maximum Gasteiger partial charge on any atom is 0.416 e. The van der Waals surface area contributed by atoms with E-state index in [0.29, 0.717) is 19.2 Å². The van der Waals surface area contributed by atoms with E-state index in [1.54, 1.807) is 21.9 Å². The Morgan fingerprint density at radius 1 is 1.07 bits per heavy atom. The molecule has 2 aromatic rings. The minimum absolute atomic E-state index is 0.0980. The molecule has 0 radical (unpaired) electrons. The largest absolute Gasteiger partial charge is 0.416 e. The molecule has 0 N–H and O–H groups in total. The second kappa shape index (κ2) is 8.90. The lowest BCUT2D eigenvalue weighted by Gasteiger charge is -2.35. The van der Waals surface area contributed by atoms with Crippen LogP contribution in [0.5, 0.6) is 0 Å². The Morgan fingerprint density at radius 2 is 1.70 bits per heavy atom. The number of rotatable bonds is 5. The first-order chi connectivity index (χ1) is 14.1. The second-order valence-corrected chi connectivity index (χ2v) is 7.62. The smallest absolute Gasteiger partial charge is 0.362 e. The molecule has 1 amide bonds. The van der Waals surface area contributed by atoms with Crippen molar-refractivity contribution >= 4 is 29.0 Å². The third-order valence-electron chi connectivity index (χ3n) is 4.65. The van der Waals surface area contributed by atoms with Crippen molar-refractivity contribution in [2.45, 2.75) is 11.1 Å². The Labute approximate surface area is 173 Å². The van der Waals surface area contributed by atoms with Crippen molar-refractivity contribution in [3.8, 4) is 0 Å². The van der Waals surface area contributed by atoms with Crippen molar-refractivity contribution in [3.63, 3.8) is 0 Å². The Balaban J connectivity index is 1.61. The number of benzene rings is 2. The number of carbonyl (C=O) groups excluding carboxylic acids is 1. The summed E-state index contributed by atoms with van der Waals surface area (Å²) in [4.78, 5) is 26.8. The van der Waals surface area contributed by atoms with Crippen molar-refractivity contribution in [1.29, 1.82) is 0 Å². The SMILES string of the molecule is O=C(CSc1ccc(F)cc1)N1CCN(c2ccc(C(F)(F)F)cc2[N+](=O)[O-])CC1. The Hall–Kier alpha value is -2.82. The topological polar surface area (TPSA) is 66.7 Å². The van der Waals surface area contributed by atoms with Gasteiger partial charge in [-0.3, -0.25) is 14.9 Å². The van der Waals surface area contributed by atoms with Gasteiger partial charge in [-0.05, 0) is 36.4 Å². The van der Waals surface area contributed by atoms with Gasteiger partial charge in [-0.25, -0.2) is 4.39 Å². The molecule has 1 saturated heterocycles. The highest BCUT2D eigenvalue weighted by Crippen LogP contribution is 2.36. The van der Waals surface area contributed by atoms with E-state index >= 15 is 0 Å². The minimum atomic E-state index is -4.67. The van der Waals surface area contributed by atoms with Crippen LogP contribution in [0.1, 0.15) is 5.56 Å². The van der Waals surface area contributed by atoms with Gasteiger partial charge >= 0.3 is 6.18 Å². The number of nitro benzene ring substituents is 1. The molecule has 160 valence electrons. The van der Waals surface area contributed by atoms with E-state index in [0.717, 1.165) is 17.0 Å². The molecule has 30 heavy (non-hydrogen) atoms. The zero-order valence-corrected chi connectivity index (χ0v) is 16.4. The zero-order chi connectivity index (χ0) is 21.9. The number of thioether (sulfide) groups is 1. The Morgan fingerprint density at radius 3 is 2.27 bits per heavy atom. The monoisotopic (exact) mass is 443 g/mol. The van der Waals surface area contributed by atoms with Gasteiger partial charge in [0.15, 0.2) is 0 Å². The number of nitrogens with zero attached hydrogens (tertiary/aromatic N) is 3. The van der Waals surface area contributed by atoms with Gasteiger partial charge in [0.25, 0.3) is 5.69 Å². The molecule has 1 heterocycles. The van der Waals surface area contributed by atoms with Gasteiger partial charge in [0.1, 0.15) is 11.5 Å². The second-order valence-electron chi connectivity index (χ2n) is 6.57. The van der Waals surface area contributed by atoms with Gasteiger partial charge in [-0.2, -0.15) is 13.2 Å². The van der Waals surface area contributed by atoms with Crippen LogP contribution in [0.25, 0.3) is 0 Å². The quantitative estimate of drug-likeness (QED) is 0.300. The van der Waals surface area contributed by atoms with Crippen LogP contribution in [0.2, 0.25) is 0 Å². The number of alkyl halides is 3. The van der Waals surface area contributed by atoms with Crippen LogP contribution in [0.3, 0.4) is 0 Å². The van der Waals surface area contributed by atoms with Crippen LogP contribution >= 0.6 is 11.8 Å². The number of halogens is 4. The van der Waals surface area contributed by atoms with E-state index in [1.165, 1.54) is 23.9 Å². The molecule has 3 rings (SSSR count). The minimum Gasteiger partial charge on any atom is -0.362 e. The fourth-order valence-corrected chi connectivity index (χ4v) is 3.88. The molecule has 2 aromatic carbocycles. The van der Waals surface area contributed by atoms with Gasteiger partial charge in [-0.1, -0.05) is 0 Å². The number of anilines is 1. The summed E-state index contributed by atoms with van der Waals surface area (Å²) in [5.41, 5.74) is -1.60. The van der Waals surface area contributed by atoms with Gasteiger partial charge in [-0.15, -0.1) is 11.8 Å². The molecule has 11 heteroatoms. The number of hydrogen-bond acceptors (Lipinski definition) is 5. The molecule has 0 bridgehead atoms. The summed E-state index contributed by atoms with van der Waals surface area (Å²) in [6.45, 7) is 1.11. The van der Waals surface area contributed by atoms with Crippen LogP contribution in [0.4, 0.5) is 28.9 Å². The molecule has 0 unspecified atom stereocenters. The van der Waals surface area contributed by atoms with E-state index in [4.69, 9.17) is 0 Å². The van der Waals surface area contributed by atoms with Crippen LogP contribution in [-0.2, 0) is 11.0 Å². The third kappa shape index (κ3) is 5.21. The summed E-state index contributed by atoms with van der Waals surface area (Å²) in [7, 11) is 0. The fraction of sp³-hybridized carbons (Fsp3) is 0.316. The standard InChI is InChI=1S/C19H17F4N3O3S/c20-14-2-4-15(5-3-14)30-12-18(27)25-9-7-24(8-10-25)16-6-1-13(19(21,22)23)11-17(16)26(28)29/h1-6,11H,7-10,12H2. The van der Waals surface area contributed by atoms with Crippen LogP contribution < -0.4 is 4.90 Å². The molecule has 0 aliphatic carbocycles. The Bertz CT molecular complexity index is 930. The van der Waals surface area contributed by atoms with E-state index in [2.05, 4.69) is 0 Å². The van der Waals surface area contributed by atoms with Crippen LogP contribution in [-0.4, -0.2) is 47.7 Å². The molecular weight excluding hydrogens is 426 g/mol. The van der Waals surface area contributed by atoms with Crippen LogP contribution in [0, 0.1) is 15.9 Å². The first-order valence-corrected chi connectivity index (χ1v) is 9.90. The van der Waals surface area contributed by atoms with Gasteiger partial charge in [0.05, 0.1) is 16.2 Å². The van der Waals surface area contributed by atoms with Gasteiger partial charge in [0.2, 0.25) is 5.91 Å². The molecule has 0 spiro atoms. The number of carbonyl (C=O) groups is 1. The van der Waals surface area contributed by atoms with E-state index in [-0.39, 0.29) is 36.3 Å². The summed E-state index contributed by atoms with van der Waals surface area (Å²) >= 11 is 1.27.